The monoisotopic (exact) mass is 230 g/mol. The van der Waals surface area contributed by atoms with Gasteiger partial charge in [0.25, 0.3) is 0 Å². The second-order valence-corrected chi connectivity index (χ2v) is 3.53. The van der Waals surface area contributed by atoms with Gasteiger partial charge in [-0.1, -0.05) is 30.0 Å². The number of nitrogens with two attached hydrogens (primary N) is 1. The van der Waals surface area contributed by atoms with Crippen LogP contribution in [-0.4, -0.2) is 17.9 Å². The van der Waals surface area contributed by atoms with Crippen LogP contribution < -0.4 is 11.1 Å². The van der Waals surface area contributed by atoms with Crippen molar-refractivity contribution in [2.75, 3.05) is 0 Å². The lowest BCUT2D eigenvalue weighted by Crippen LogP contribution is -2.43. The molecule has 2 amide bonds. The van der Waals surface area contributed by atoms with Crippen molar-refractivity contribution in [2.45, 2.75) is 19.4 Å². The molecule has 0 bridgehead atoms. The molecular weight excluding hydrogens is 216 g/mol. The van der Waals surface area contributed by atoms with E-state index >= 15 is 0 Å². The van der Waals surface area contributed by atoms with Gasteiger partial charge in [0.15, 0.2) is 0 Å². The topological polar surface area (TPSA) is 72.2 Å². The van der Waals surface area contributed by atoms with Gasteiger partial charge < -0.3 is 11.1 Å². The summed E-state index contributed by atoms with van der Waals surface area (Å²) in [6.45, 7) is 1.33. The van der Waals surface area contributed by atoms with E-state index in [1.807, 2.05) is 30.3 Å². The highest BCUT2D eigenvalue weighted by Gasteiger charge is 2.14. The first-order valence-electron chi connectivity index (χ1n) is 5.20. The Morgan fingerprint density at radius 3 is 2.53 bits per heavy atom. The van der Waals surface area contributed by atoms with Crippen molar-refractivity contribution >= 4 is 11.8 Å². The summed E-state index contributed by atoms with van der Waals surface area (Å²) in [5.74, 6) is 4.84. The summed E-state index contributed by atoms with van der Waals surface area (Å²) in [7, 11) is 0. The molecule has 4 nitrogen and oxygen atoms in total. The van der Waals surface area contributed by atoms with Crippen LogP contribution in [0.2, 0.25) is 0 Å². The molecule has 0 aromatic heterocycles. The van der Waals surface area contributed by atoms with Crippen LogP contribution >= 0.6 is 0 Å². The summed E-state index contributed by atoms with van der Waals surface area (Å²) in [6, 6.07) is 8.65. The summed E-state index contributed by atoms with van der Waals surface area (Å²) in [5, 5.41) is 2.45. The van der Waals surface area contributed by atoms with Crippen molar-refractivity contribution in [3.05, 3.63) is 35.9 Å². The fraction of sp³-hybridized carbons (Fsp3) is 0.231. The molecule has 0 fully saturated rings. The highest BCUT2D eigenvalue weighted by Crippen LogP contribution is 1.96. The Morgan fingerprint density at radius 1 is 1.35 bits per heavy atom. The highest BCUT2D eigenvalue weighted by atomic mass is 16.2. The maximum atomic E-state index is 11.0. The molecule has 0 aliphatic carbocycles. The Labute approximate surface area is 100 Å². The summed E-state index contributed by atoms with van der Waals surface area (Å²) in [4.78, 5) is 21.8. The van der Waals surface area contributed by atoms with Gasteiger partial charge in [-0.15, -0.1) is 0 Å². The van der Waals surface area contributed by atoms with Gasteiger partial charge in [0.2, 0.25) is 11.8 Å². The quantitative estimate of drug-likeness (QED) is 0.738. The van der Waals surface area contributed by atoms with E-state index in [1.165, 1.54) is 6.92 Å². The number of primary amides is 1. The van der Waals surface area contributed by atoms with Crippen molar-refractivity contribution in [3.8, 4) is 11.8 Å². The van der Waals surface area contributed by atoms with E-state index < -0.39 is 11.9 Å². The number of carbonyl (C=O) groups excluding carboxylic acids is 2. The normalized spacial score (nSPS) is 10.9. The minimum atomic E-state index is -0.733. The van der Waals surface area contributed by atoms with E-state index in [1.54, 1.807) is 0 Å². The first kappa shape index (κ1) is 12.8. The van der Waals surface area contributed by atoms with Crippen LogP contribution in [0.25, 0.3) is 0 Å². The number of amides is 2. The van der Waals surface area contributed by atoms with Crippen molar-refractivity contribution in [1.82, 2.24) is 5.32 Å². The minimum Gasteiger partial charge on any atom is -0.368 e. The predicted octanol–water partition coefficient (Wildman–Crippen LogP) is 0.418. The Hall–Kier alpha value is -2.28. The number of hydrogen-bond acceptors (Lipinski definition) is 2. The minimum absolute atomic E-state index is 0.212. The van der Waals surface area contributed by atoms with Crippen LogP contribution in [-0.2, 0) is 9.59 Å². The summed E-state index contributed by atoms with van der Waals surface area (Å²) < 4.78 is 0. The third-order valence-electron chi connectivity index (χ3n) is 2.03. The number of nitrogens with one attached hydrogen (secondary N) is 1. The van der Waals surface area contributed by atoms with E-state index in [0.717, 1.165) is 5.56 Å². The maximum Gasteiger partial charge on any atom is 0.240 e. The van der Waals surface area contributed by atoms with E-state index in [2.05, 4.69) is 17.2 Å². The lowest BCUT2D eigenvalue weighted by molar-refractivity contribution is -0.126. The van der Waals surface area contributed by atoms with E-state index in [9.17, 15) is 9.59 Å². The molecule has 1 aromatic rings. The zero-order valence-corrected chi connectivity index (χ0v) is 9.57. The van der Waals surface area contributed by atoms with Crippen molar-refractivity contribution < 1.29 is 9.59 Å². The molecule has 88 valence electrons. The summed E-state index contributed by atoms with van der Waals surface area (Å²) in [5.41, 5.74) is 6.00. The zero-order valence-electron chi connectivity index (χ0n) is 9.57. The van der Waals surface area contributed by atoms with Crippen molar-refractivity contribution in [1.29, 1.82) is 0 Å². The van der Waals surface area contributed by atoms with Crippen LogP contribution in [0.15, 0.2) is 30.3 Å². The van der Waals surface area contributed by atoms with Crippen molar-refractivity contribution in [3.63, 3.8) is 0 Å². The second-order valence-electron chi connectivity index (χ2n) is 3.53. The largest absolute Gasteiger partial charge is 0.368 e. The average molecular weight is 230 g/mol. The fourth-order valence-corrected chi connectivity index (χ4v) is 1.24. The number of hydrogen-bond donors (Lipinski definition) is 2. The third kappa shape index (κ3) is 4.85. The van der Waals surface area contributed by atoms with Gasteiger partial charge >= 0.3 is 0 Å². The Kier molecular flexibility index (Phi) is 4.77. The fourth-order valence-electron chi connectivity index (χ4n) is 1.24. The van der Waals surface area contributed by atoms with E-state index in [4.69, 9.17) is 5.73 Å². The average Bonchev–Trinajstić information content (AvgIpc) is 2.28. The SMILES string of the molecule is CC(=O)NC(CC#Cc1ccccc1)C(N)=O. The van der Waals surface area contributed by atoms with Crippen molar-refractivity contribution in [2.24, 2.45) is 5.73 Å². The second kappa shape index (κ2) is 6.33. The molecule has 0 saturated carbocycles. The molecule has 0 heterocycles. The Balaban J connectivity index is 2.61. The van der Waals surface area contributed by atoms with Crippen LogP contribution in [0, 0.1) is 11.8 Å². The molecule has 1 atom stereocenters. The number of benzene rings is 1. The Bertz CT molecular complexity index is 457. The smallest absolute Gasteiger partial charge is 0.240 e. The van der Waals surface area contributed by atoms with Crippen LogP contribution in [0.1, 0.15) is 18.9 Å². The highest BCUT2D eigenvalue weighted by molar-refractivity contribution is 5.85. The van der Waals surface area contributed by atoms with Gasteiger partial charge in [0, 0.05) is 18.9 Å². The Morgan fingerprint density at radius 2 is 2.00 bits per heavy atom. The molecule has 0 aliphatic heterocycles. The van der Waals surface area contributed by atoms with Crippen LogP contribution in [0.4, 0.5) is 0 Å². The molecule has 0 saturated heterocycles. The first-order valence-corrected chi connectivity index (χ1v) is 5.20. The van der Waals surface area contributed by atoms with Crippen LogP contribution in [0.5, 0.6) is 0 Å². The molecule has 0 radical (unpaired) electrons. The number of rotatable bonds is 3. The van der Waals surface area contributed by atoms with Gasteiger partial charge in [0.05, 0.1) is 0 Å². The van der Waals surface area contributed by atoms with E-state index in [-0.39, 0.29) is 12.3 Å². The lowest BCUT2D eigenvalue weighted by atomic mass is 10.1. The van der Waals surface area contributed by atoms with Gasteiger partial charge in [-0.3, -0.25) is 9.59 Å². The molecular formula is C13H14N2O2. The zero-order chi connectivity index (χ0) is 12.7. The van der Waals surface area contributed by atoms with E-state index in [0.29, 0.717) is 0 Å². The van der Waals surface area contributed by atoms with Crippen LogP contribution in [0.3, 0.4) is 0 Å². The number of carbonyl (C=O) groups is 2. The maximum absolute atomic E-state index is 11.0. The lowest BCUT2D eigenvalue weighted by Gasteiger charge is -2.09. The summed E-state index contributed by atoms with van der Waals surface area (Å²) >= 11 is 0. The molecule has 1 unspecified atom stereocenters. The predicted molar refractivity (Wildman–Crippen MR) is 64.7 cm³/mol. The van der Waals surface area contributed by atoms with Gasteiger partial charge in [-0.25, -0.2) is 0 Å². The first-order chi connectivity index (χ1) is 8.09. The molecule has 3 N–H and O–H groups in total. The van der Waals surface area contributed by atoms with Gasteiger partial charge in [-0.05, 0) is 12.1 Å². The molecule has 4 heteroatoms. The van der Waals surface area contributed by atoms with Gasteiger partial charge in [0.1, 0.15) is 6.04 Å². The molecule has 17 heavy (non-hydrogen) atoms. The summed E-state index contributed by atoms with van der Waals surface area (Å²) in [6.07, 6.45) is 0.212. The molecule has 0 spiro atoms. The molecule has 0 aliphatic rings. The molecule has 1 aromatic carbocycles. The van der Waals surface area contributed by atoms with Gasteiger partial charge in [-0.2, -0.15) is 0 Å². The third-order valence-corrected chi connectivity index (χ3v) is 2.03. The standard InChI is InChI=1S/C13H14N2O2/c1-10(16)15-12(13(14)17)9-5-8-11-6-3-2-4-7-11/h2-4,6-7,12H,9H2,1H3,(H2,14,17)(H,15,16). The molecule has 1 rings (SSSR count).